The van der Waals surface area contributed by atoms with E-state index in [2.05, 4.69) is 21.2 Å². The molecule has 1 aromatic heterocycles. The van der Waals surface area contributed by atoms with Crippen molar-refractivity contribution in [2.45, 2.75) is 13.0 Å². The summed E-state index contributed by atoms with van der Waals surface area (Å²) in [6.45, 7) is 3.46. The minimum absolute atomic E-state index is 0.00528. The highest BCUT2D eigenvalue weighted by Crippen LogP contribution is 2.23. The van der Waals surface area contributed by atoms with Crippen molar-refractivity contribution in [2.24, 2.45) is 0 Å². The van der Waals surface area contributed by atoms with Crippen LogP contribution in [0.3, 0.4) is 0 Å². The van der Waals surface area contributed by atoms with Crippen molar-refractivity contribution in [3.05, 3.63) is 20.8 Å². The molecule has 0 aliphatic carbocycles. The van der Waals surface area contributed by atoms with Crippen LogP contribution >= 0.6 is 27.3 Å². The van der Waals surface area contributed by atoms with Crippen LogP contribution in [0.15, 0.2) is 15.9 Å². The first kappa shape index (κ1) is 12.7. The van der Waals surface area contributed by atoms with Gasteiger partial charge in [0, 0.05) is 17.6 Å². The Balaban J connectivity index is 2.04. The summed E-state index contributed by atoms with van der Waals surface area (Å²) in [4.78, 5) is 26.2. The van der Waals surface area contributed by atoms with Crippen molar-refractivity contribution in [3.63, 3.8) is 0 Å². The maximum Gasteiger partial charge on any atom is 0.237 e. The maximum atomic E-state index is 12.1. The largest absolute Gasteiger partial charge is 0.353 e. The van der Waals surface area contributed by atoms with Gasteiger partial charge in [0.25, 0.3) is 0 Å². The number of rotatable bonds is 3. The van der Waals surface area contributed by atoms with Crippen LogP contribution in [0.5, 0.6) is 0 Å². The predicted octanol–water partition coefficient (Wildman–Crippen LogP) is 1.51. The van der Waals surface area contributed by atoms with Crippen LogP contribution in [0.4, 0.5) is 0 Å². The molecule has 6 heteroatoms. The average Bonchev–Trinajstić information content (AvgIpc) is 2.71. The van der Waals surface area contributed by atoms with Gasteiger partial charge in [0.1, 0.15) is 0 Å². The molecule has 4 nitrogen and oxygen atoms in total. The van der Waals surface area contributed by atoms with E-state index in [4.69, 9.17) is 0 Å². The van der Waals surface area contributed by atoms with Crippen LogP contribution in [0.25, 0.3) is 0 Å². The zero-order chi connectivity index (χ0) is 12.4. The minimum atomic E-state index is -0.230. The number of carbonyl (C=O) groups excluding carboxylic acids is 2. The molecule has 1 unspecified atom stereocenters. The average molecular weight is 317 g/mol. The summed E-state index contributed by atoms with van der Waals surface area (Å²) >= 11 is 4.78. The number of hydrogen-bond acceptors (Lipinski definition) is 4. The van der Waals surface area contributed by atoms with Crippen LogP contribution in [0, 0.1) is 0 Å². The first-order valence-electron chi connectivity index (χ1n) is 5.37. The molecule has 1 aliphatic heterocycles. The molecule has 1 N–H and O–H groups in total. The number of thiophene rings is 1. The van der Waals surface area contributed by atoms with Crippen molar-refractivity contribution in [1.82, 2.24) is 10.2 Å². The van der Waals surface area contributed by atoms with E-state index in [1.807, 2.05) is 23.3 Å². The molecule has 1 fully saturated rings. The third-order valence-electron chi connectivity index (χ3n) is 2.84. The molecule has 1 saturated heterocycles. The van der Waals surface area contributed by atoms with Gasteiger partial charge in [-0.25, -0.2) is 0 Å². The lowest BCUT2D eigenvalue weighted by atomic mass is 10.2. The number of carbonyl (C=O) groups is 2. The Morgan fingerprint density at radius 2 is 2.47 bits per heavy atom. The van der Waals surface area contributed by atoms with Crippen molar-refractivity contribution >= 4 is 39.0 Å². The molecule has 1 aliphatic rings. The molecule has 1 aromatic rings. The number of nitrogens with zero attached hydrogens (tertiary/aromatic N) is 1. The molecule has 2 rings (SSSR count). The fourth-order valence-electron chi connectivity index (χ4n) is 1.79. The number of hydrogen-bond donors (Lipinski definition) is 1. The number of halogens is 1. The number of amides is 1. The first-order valence-corrected chi connectivity index (χ1v) is 7.05. The second kappa shape index (κ2) is 5.29. The van der Waals surface area contributed by atoms with Gasteiger partial charge in [0.2, 0.25) is 5.91 Å². The van der Waals surface area contributed by atoms with Crippen LogP contribution in [0.2, 0.25) is 0 Å². The fourth-order valence-corrected chi connectivity index (χ4v) is 3.32. The van der Waals surface area contributed by atoms with Gasteiger partial charge >= 0.3 is 0 Å². The number of nitrogens with one attached hydrogen (secondary N) is 1. The minimum Gasteiger partial charge on any atom is -0.353 e. The molecule has 0 radical (unpaired) electrons. The molecule has 2 heterocycles. The van der Waals surface area contributed by atoms with Crippen LogP contribution in [-0.2, 0) is 4.79 Å². The monoisotopic (exact) mass is 316 g/mol. The Morgan fingerprint density at radius 3 is 3.12 bits per heavy atom. The lowest BCUT2D eigenvalue weighted by molar-refractivity contribution is -0.127. The van der Waals surface area contributed by atoms with Gasteiger partial charge in [0.15, 0.2) is 5.78 Å². The summed E-state index contributed by atoms with van der Waals surface area (Å²) in [5.41, 5.74) is 0. The number of piperazine rings is 1. The van der Waals surface area contributed by atoms with Crippen LogP contribution < -0.4 is 5.32 Å². The summed E-state index contributed by atoms with van der Waals surface area (Å²) in [6, 6.07) is 1.64. The van der Waals surface area contributed by atoms with Crippen molar-refractivity contribution in [2.75, 3.05) is 19.6 Å². The number of Topliss-reactive ketones (excluding diaryl/α,β-unsaturated/α-hetero) is 1. The Morgan fingerprint density at radius 1 is 1.71 bits per heavy atom. The summed E-state index contributed by atoms with van der Waals surface area (Å²) in [5, 5.41) is 4.66. The number of ketones is 1. The van der Waals surface area contributed by atoms with Gasteiger partial charge in [0.05, 0.1) is 17.5 Å². The van der Waals surface area contributed by atoms with Gasteiger partial charge in [-0.3, -0.25) is 14.5 Å². The van der Waals surface area contributed by atoms with E-state index < -0.39 is 0 Å². The zero-order valence-electron chi connectivity index (χ0n) is 9.40. The molecule has 17 heavy (non-hydrogen) atoms. The first-order chi connectivity index (χ1) is 8.09. The highest BCUT2D eigenvalue weighted by atomic mass is 79.9. The Hall–Kier alpha value is -0.720. The maximum absolute atomic E-state index is 12.1. The van der Waals surface area contributed by atoms with Gasteiger partial charge in [-0.05, 0) is 34.3 Å². The van der Waals surface area contributed by atoms with Gasteiger partial charge in [-0.1, -0.05) is 0 Å². The van der Waals surface area contributed by atoms with Crippen molar-refractivity contribution < 1.29 is 9.59 Å². The van der Waals surface area contributed by atoms with E-state index in [0.29, 0.717) is 13.1 Å². The molecule has 0 aromatic carbocycles. The molecule has 1 amide bonds. The Kier molecular flexibility index (Phi) is 3.96. The summed E-state index contributed by atoms with van der Waals surface area (Å²) < 4.78 is 0.835. The Bertz CT molecular complexity index is 446. The fraction of sp³-hybridized carbons (Fsp3) is 0.455. The SMILES string of the molecule is CC1C(=O)NCCN1CC(=O)c1sccc1Br. The summed E-state index contributed by atoms with van der Waals surface area (Å²) in [5.74, 6) is 0.0581. The third-order valence-corrected chi connectivity index (χ3v) is 4.72. The van der Waals surface area contributed by atoms with E-state index in [0.717, 1.165) is 15.9 Å². The van der Waals surface area contributed by atoms with Crippen molar-refractivity contribution in [1.29, 1.82) is 0 Å². The topological polar surface area (TPSA) is 49.4 Å². The Labute approximate surface area is 112 Å². The lowest BCUT2D eigenvalue weighted by Crippen LogP contribution is -2.54. The van der Waals surface area contributed by atoms with E-state index in [1.54, 1.807) is 0 Å². The molecular formula is C11H13BrN2O2S. The second-order valence-corrected chi connectivity index (χ2v) is 5.73. The summed E-state index contributed by atoms with van der Waals surface area (Å²) in [7, 11) is 0. The highest BCUT2D eigenvalue weighted by molar-refractivity contribution is 9.10. The third kappa shape index (κ3) is 2.75. The standard InChI is InChI=1S/C11H13BrN2O2S/c1-7-11(16)13-3-4-14(7)6-9(15)10-8(12)2-5-17-10/h2,5,7H,3-4,6H2,1H3,(H,13,16). The highest BCUT2D eigenvalue weighted by Gasteiger charge is 2.27. The molecule has 0 saturated carbocycles. The second-order valence-electron chi connectivity index (χ2n) is 3.96. The quantitative estimate of drug-likeness (QED) is 0.860. The van der Waals surface area contributed by atoms with Gasteiger partial charge < -0.3 is 5.32 Å². The molecule has 0 spiro atoms. The molecular weight excluding hydrogens is 304 g/mol. The lowest BCUT2D eigenvalue weighted by Gasteiger charge is -2.31. The van der Waals surface area contributed by atoms with Gasteiger partial charge in [-0.2, -0.15) is 0 Å². The van der Waals surface area contributed by atoms with E-state index in [9.17, 15) is 9.59 Å². The normalized spacial score (nSPS) is 21.3. The van der Waals surface area contributed by atoms with Crippen LogP contribution in [-0.4, -0.2) is 42.3 Å². The van der Waals surface area contributed by atoms with Gasteiger partial charge in [-0.15, -0.1) is 11.3 Å². The van der Waals surface area contributed by atoms with E-state index in [1.165, 1.54) is 11.3 Å². The zero-order valence-corrected chi connectivity index (χ0v) is 11.8. The summed E-state index contributed by atoms with van der Waals surface area (Å²) in [6.07, 6.45) is 0. The molecule has 92 valence electrons. The smallest absolute Gasteiger partial charge is 0.237 e. The van der Waals surface area contributed by atoms with Crippen LogP contribution in [0.1, 0.15) is 16.6 Å². The van der Waals surface area contributed by atoms with E-state index in [-0.39, 0.29) is 17.7 Å². The molecule has 0 bridgehead atoms. The van der Waals surface area contributed by atoms with Crippen molar-refractivity contribution in [3.8, 4) is 0 Å². The predicted molar refractivity (Wildman–Crippen MR) is 70.4 cm³/mol. The molecule has 1 atom stereocenters. The van der Waals surface area contributed by atoms with E-state index >= 15 is 0 Å².